The summed E-state index contributed by atoms with van der Waals surface area (Å²) in [5, 5.41) is 3.48. The predicted octanol–water partition coefficient (Wildman–Crippen LogP) is 4.54. The maximum atomic E-state index is 6.00. The molecule has 0 atom stereocenters. The Balaban J connectivity index is 2.10. The van der Waals surface area contributed by atoms with Crippen LogP contribution < -0.4 is 10.2 Å². The average molecular weight is 309 g/mol. The van der Waals surface area contributed by atoms with Gasteiger partial charge in [0.25, 0.3) is 0 Å². The van der Waals surface area contributed by atoms with Gasteiger partial charge in [-0.05, 0) is 23.8 Å². The number of rotatable bonds is 6. The van der Waals surface area contributed by atoms with Crippen LogP contribution >= 0.6 is 22.9 Å². The molecule has 0 unspecified atom stereocenters. The molecule has 0 amide bonds. The summed E-state index contributed by atoms with van der Waals surface area (Å²) in [6.45, 7) is 6.11. The van der Waals surface area contributed by atoms with E-state index in [-0.39, 0.29) is 0 Å². The SMILES string of the molecule is CC(C)NCc1ccccc1N(C)Cc1ccc(Cl)s1. The van der Waals surface area contributed by atoms with Gasteiger partial charge in [-0.2, -0.15) is 0 Å². The van der Waals surface area contributed by atoms with Gasteiger partial charge in [-0.1, -0.05) is 43.6 Å². The fourth-order valence-corrected chi connectivity index (χ4v) is 3.24. The molecule has 0 aliphatic heterocycles. The largest absolute Gasteiger partial charge is 0.369 e. The summed E-state index contributed by atoms with van der Waals surface area (Å²) < 4.78 is 0.850. The smallest absolute Gasteiger partial charge is 0.0931 e. The molecule has 108 valence electrons. The van der Waals surface area contributed by atoms with E-state index in [0.717, 1.165) is 17.4 Å². The number of para-hydroxylation sites is 1. The summed E-state index contributed by atoms with van der Waals surface area (Å²) in [7, 11) is 2.13. The number of thiophene rings is 1. The molecule has 2 rings (SSSR count). The van der Waals surface area contributed by atoms with E-state index in [1.165, 1.54) is 16.1 Å². The lowest BCUT2D eigenvalue weighted by Crippen LogP contribution is -2.24. The van der Waals surface area contributed by atoms with Crippen LogP contribution in [-0.4, -0.2) is 13.1 Å². The lowest BCUT2D eigenvalue weighted by atomic mass is 10.1. The summed E-state index contributed by atoms with van der Waals surface area (Å²) in [5.74, 6) is 0. The van der Waals surface area contributed by atoms with Crippen molar-refractivity contribution in [2.45, 2.75) is 33.0 Å². The maximum absolute atomic E-state index is 6.00. The quantitative estimate of drug-likeness (QED) is 0.843. The Kier molecular flexibility index (Phi) is 5.46. The van der Waals surface area contributed by atoms with E-state index in [2.05, 4.69) is 61.4 Å². The lowest BCUT2D eigenvalue weighted by molar-refractivity contribution is 0.588. The van der Waals surface area contributed by atoms with E-state index < -0.39 is 0 Å². The van der Waals surface area contributed by atoms with Crippen molar-refractivity contribution in [1.29, 1.82) is 0 Å². The van der Waals surface area contributed by atoms with Gasteiger partial charge in [-0.3, -0.25) is 0 Å². The molecule has 0 radical (unpaired) electrons. The van der Waals surface area contributed by atoms with Gasteiger partial charge in [-0.25, -0.2) is 0 Å². The first-order chi connectivity index (χ1) is 9.56. The molecule has 2 nitrogen and oxygen atoms in total. The van der Waals surface area contributed by atoms with Gasteiger partial charge in [0.1, 0.15) is 0 Å². The summed E-state index contributed by atoms with van der Waals surface area (Å²) in [6, 6.07) is 13.1. The van der Waals surface area contributed by atoms with Crippen molar-refractivity contribution in [2.75, 3.05) is 11.9 Å². The Morgan fingerprint density at radius 1 is 1.20 bits per heavy atom. The number of hydrogen-bond donors (Lipinski definition) is 1. The summed E-state index contributed by atoms with van der Waals surface area (Å²) in [5.41, 5.74) is 2.59. The number of hydrogen-bond acceptors (Lipinski definition) is 3. The molecule has 0 aliphatic carbocycles. The molecule has 2 aromatic rings. The van der Waals surface area contributed by atoms with Crippen LogP contribution in [0.2, 0.25) is 4.34 Å². The highest BCUT2D eigenvalue weighted by Gasteiger charge is 2.09. The van der Waals surface area contributed by atoms with Crippen molar-refractivity contribution >= 4 is 28.6 Å². The minimum absolute atomic E-state index is 0.490. The molecule has 1 N–H and O–H groups in total. The van der Waals surface area contributed by atoms with Crippen molar-refractivity contribution in [1.82, 2.24) is 5.32 Å². The molecule has 1 aromatic carbocycles. The summed E-state index contributed by atoms with van der Waals surface area (Å²) in [6.07, 6.45) is 0. The van der Waals surface area contributed by atoms with Crippen LogP contribution in [0.4, 0.5) is 5.69 Å². The highest BCUT2D eigenvalue weighted by atomic mass is 35.5. The van der Waals surface area contributed by atoms with Gasteiger partial charge in [0.05, 0.1) is 10.9 Å². The first-order valence-corrected chi connectivity index (χ1v) is 8.02. The van der Waals surface area contributed by atoms with Crippen LogP contribution in [0.25, 0.3) is 0 Å². The van der Waals surface area contributed by atoms with E-state index in [9.17, 15) is 0 Å². The minimum atomic E-state index is 0.490. The van der Waals surface area contributed by atoms with E-state index in [1.807, 2.05) is 6.07 Å². The Morgan fingerprint density at radius 3 is 2.60 bits per heavy atom. The van der Waals surface area contributed by atoms with E-state index in [0.29, 0.717) is 6.04 Å². The molecule has 0 bridgehead atoms. The monoisotopic (exact) mass is 308 g/mol. The highest BCUT2D eigenvalue weighted by Crippen LogP contribution is 2.26. The van der Waals surface area contributed by atoms with Gasteiger partial charge in [0, 0.05) is 30.2 Å². The molecule has 4 heteroatoms. The molecule has 0 fully saturated rings. The summed E-state index contributed by atoms with van der Waals surface area (Å²) in [4.78, 5) is 3.56. The second-order valence-corrected chi connectivity index (χ2v) is 7.03. The standard InChI is InChI=1S/C16H21ClN2S/c1-12(2)18-10-13-6-4-5-7-15(13)19(3)11-14-8-9-16(17)20-14/h4-9,12,18H,10-11H2,1-3H3. The molecular formula is C16H21ClN2S. The molecule has 0 saturated carbocycles. The zero-order valence-electron chi connectivity index (χ0n) is 12.2. The predicted molar refractivity (Wildman–Crippen MR) is 89.9 cm³/mol. The fourth-order valence-electron chi connectivity index (χ4n) is 2.10. The van der Waals surface area contributed by atoms with Crippen LogP contribution in [-0.2, 0) is 13.1 Å². The van der Waals surface area contributed by atoms with Crippen LogP contribution in [0.5, 0.6) is 0 Å². The number of anilines is 1. The second kappa shape index (κ2) is 7.11. The van der Waals surface area contributed by atoms with Crippen LogP contribution in [0.1, 0.15) is 24.3 Å². The van der Waals surface area contributed by atoms with Crippen molar-refractivity contribution < 1.29 is 0 Å². The zero-order valence-corrected chi connectivity index (χ0v) is 13.8. The van der Waals surface area contributed by atoms with Gasteiger partial charge in [0.2, 0.25) is 0 Å². The molecular weight excluding hydrogens is 288 g/mol. The van der Waals surface area contributed by atoms with Gasteiger partial charge in [0.15, 0.2) is 0 Å². The Bertz CT molecular complexity index is 551. The summed E-state index contributed by atoms with van der Waals surface area (Å²) >= 11 is 7.64. The highest BCUT2D eigenvalue weighted by molar-refractivity contribution is 7.16. The Hall–Kier alpha value is -1.03. The van der Waals surface area contributed by atoms with Crippen molar-refractivity contribution in [3.8, 4) is 0 Å². The topological polar surface area (TPSA) is 15.3 Å². The molecule has 20 heavy (non-hydrogen) atoms. The molecule has 0 saturated heterocycles. The molecule has 0 aliphatic rings. The van der Waals surface area contributed by atoms with Crippen LogP contribution in [0, 0.1) is 0 Å². The fraction of sp³-hybridized carbons (Fsp3) is 0.375. The number of nitrogens with zero attached hydrogens (tertiary/aromatic N) is 1. The van der Waals surface area contributed by atoms with E-state index in [1.54, 1.807) is 11.3 Å². The Labute approximate surface area is 130 Å². The van der Waals surface area contributed by atoms with Crippen molar-refractivity contribution in [3.63, 3.8) is 0 Å². The maximum Gasteiger partial charge on any atom is 0.0931 e. The van der Waals surface area contributed by atoms with Crippen molar-refractivity contribution in [3.05, 3.63) is 51.2 Å². The minimum Gasteiger partial charge on any atom is -0.369 e. The normalized spacial score (nSPS) is 11.1. The van der Waals surface area contributed by atoms with E-state index in [4.69, 9.17) is 11.6 Å². The third kappa shape index (κ3) is 4.23. The third-order valence-corrected chi connectivity index (χ3v) is 4.34. The molecule has 0 spiro atoms. The van der Waals surface area contributed by atoms with Crippen LogP contribution in [0.15, 0.2) is 36.4 Å². The van der Waals surface area contributed by atoms with E-state index >= 15 is 0 Å². The lowest BCUT2D eigenvalue weighted by Gasteiger charge is -2.22. The van der Waals surface area contributed by atoms with Crippen LogP contribution in [0.3, 0.4) is 0 Å². The zero-order chi connectivity index (χ0) is 14.5. The first kappa shape index (κ1) is 15.4. The first-order valence-electron chi connectivity index (χ1n) is 6.83. The average Bonchev–Trinajstić information content (AvgIpc) is 2.82. The molecule has 1 aromatic heterocycles. The number of benzene rings is 1. The number of halogens is 1. The molecule has 1 heterocycles. The third-order valence-electron chi connectivity index (χ3n) is 3.13. The van der Waals surface area contributed by atoms with Crippen molar-refractivity contribution in [2.24, 2.45) is 0 Å². The van der Waals surface area contributed by atoms with Gasteiger partial charge in [-0.15, -0.1) is 11.3 Å². The Morgan fingerprint density at radius 2 is 1.95 bits per heavy atom. The van der Waals surface area contributed by atoms with Gasteiger partial charge >= 0.3 is 0 Å². The number of nitrogens with one attached hydrogen (secondary N) is 1. The second-order valence-electron chi connectivity index (χ2n) is 5.23. The van der Waals surface area contributed by atoms with Gasteiger partial charge < -0.3 is 10.2 Å².